The Morgan fingerprint density at radius 1 is 1.16 bits per heavy atom. The molecule has 2 aromatic rings. The molecule has 0 bridgehead atoms. The highest BCUT2D eigenvalue weighted by atomic mass is 79.9. The van der Waals surface area contributed by atoms with E-state index in [4.69, 9.17) is 4.74 Å². The van der Waals surface area contributed by atoms with E-state index in [2.05, 4.69) is 67.5 Å². The second kappa shape index (κ2) is 7.03. The lowest BCUT2D eigenvalue weighted by molar-refractivity contribution is -0.573. The quantitative estimate of drug-likeness (QED) is 0.371. The fraction of sp³-hybridized carbons (Fsp3) is 0.214. The van der Waals surface area contributed by atoms with Crippen molar-refractivity contribution in [3.8, 4) is 0 Å². The van der Waals surface area contributed by atoms with Crippen molar-refractivity contribution in [2.75, 3.05) is 13.2 Å². The molecule has 0 spiro atoms. The molecule has 0 radical (unpaired) electrons. The summed E-state index contributed by atoms with van der Waals surface area (Å²) in [7, 11) is 0. The zero-order valence-corrected chi connectivity index (χ0v) is 13.4. The van der Waals surface area contributed by atoms with Gasteiger partial charge < -0.3 is 10.1 Å². The summed E-state index contributed by atoms with van der Waals surface area (Å²) in [6, 6.07) is 14.5. The molecule has 0 atom stereocenters. The second-order valence-corrected chi connectivity index (χ2v) is 7.13. The lowest BCUT2D eigenvalue weighted by Gasteiger charge is -2.05. The van der Waals surface area contributed by atoms with Gasteiger partial charge in [0.1, 0.15) is 18.8 Å². The smallest absolute Gasteiger partial charge is 0.330 e. The third-order valence-electron chi connectivity index (χ3n) is 2.69. The average Bonchev–Trinajstić information content (AvgIpc) is 2.43. The van der Waals surface area contributed by atoms with Crippen LogP contribution >= 0.6 is 31.9 Å². The third-order valence-corrected chi connectivity index (χ3v) is 3.44. The zero-order chi connectivity index (χ0) is 13.7. The van der Waals surface area contributed by atoms with E-state index in [9.17, 15) is 4.79 Å². The Morgan fingerprint density at radius 3 is 2.63 bits per heavy atom. The van der Waals surface area contributed by atoms with E-state index < -0.39 is 3.74 Å². The number of carbonyl (C=O) groups is 1. The fourth-order valence-corrected chi connectivity index (χ4v) is 2.05. The van der Waals surface area contributed by atoms with E-state index in [1.807, 2.05) is 12.1 Å². The van der Waals surface area contributed by atoms with Crippen LogP contribution < -0.4 is 5.32 Å². The van der Waals surface area contributed by atoms with Crippen molar-refractivity contribution in [2.24, 2.45) is 0 Å². The van der Waals surface area contributed by atoms with Crippen molar-refractivity contribution in [3.63, 3.8) is 0 Å². The maximum Gasteiger partial charge on any atom is 0.330 e. The molecule has 0 fully saturated rings. The van der Waals surface area contributed by atoms with Gasteiger partial charge in [0, 0.05) is 6.07 Å². The summed E-state index contributed by atoms with van der Waals surface area (Å²) < 4.78 is 4.62. The van der Waals surface area contributed by atoms with Gasteiger partial charge in [-0.25, -0.2) is 4.79 Å². The van der Waals surface area contributed by atoms with Crippen molar-refractivity contribution in [3.05, 3.63) is 42.5 Å². The minimum Gasteiger partial charge on any atom is -0.458 e. The van der Waals surface area contributed by atoms with Crippen LogP contribution in [-0.4, -0.2) is 22.9 Å². The predicted octanol–water partition coefficient (Wildman–Crippen LogP) is 2.69. The van der Waals surface area contributed by atoms with Gasteiger partial charge in [-0.1, -0.05) is 56.1 Å². The lowest BCUT2D eigenvalue weighted by Crippen LogP contribution is -2.79. The van der Waals surface area contributed by atoms with Gasteiger partial charge in [0.15, 0.2) is 3.74 Å². The minimum absolute atomic E-state index is 0.299. The molecule has 3 nitrogen and oxygen atoms in total. The molecule has 0 saturated carbocycles. The minimum atomic E-state index is -0.430. The molecular weight excluding hydrogens is 374 g/mol. The number of quaternary nitrogens is 1. The van der Waals surface area contributed by atoms with Crippen LogP contribution in [0.15, 0.2) is 42.5 Å². The molecule has 5 heteroatoms. The number of alkyl halides is 2. The first-order chi connectivity index (χ1) is 9.16. The Labute approximate surface area is 128 Å². The van der Waals surface area contributed by atoms with Crippen molar-refractivity contribution in [2.45, 2.75) is 3.74 Å². The van der Waals surface area contributed by atoms with Crippen LogP contribution in [0.25, 0.3) is 10.8 Å². The van der Waals surface area contributed by atoms with E-state index >= 15 is 0 Å². The van der Waals surface area contributed by atoms with Crippen LogP contribution in [0, 0.1) is 0 Å². The normalized spacial score (nSPS) is 10.9. The van der Waals surface area contributed by atoms with Crippen molar-refractivity contribution < 1.29 is 14.8 Å². The molecule has 100 valence electrons. The van der Waals surface area contributed by atoms with Crippen LogP contribution in [0.2, 0.25) is 0 Å². The Balaban J connectivity index is 1.86. The van der Waals surface area contributed by atoms with Gasteiger partial charge in [-0.05, 0) is 22.9 Å². The summed E-state index contributed by atoms with van der Waals surface area (Å²) in [5.74, 6) is -0.299. The second-order valence-electron chi connectivity index (χ2n) is 4.07. The van der Waals surface area contributed by atoms with Gasteiger partial charge >= 0.3 is 5.97 Å². The third kappa shape index (κ3) is 4.30. The van der Waals surface area contributed by atoms with Gasteiger partial charge in [0.25, 0.3) is 0 Å². The van der Waals surface area contributed by atoms with Gasteiger partial charge in [-0.3, -0.25) is 0 Å². The number of hydrogen-bond donors (Lipinski definition) is 1. The molecule has 0 aromatic heterocycles. The summed E-state index contributed by atoms with van der Waals surface area (Å²) >= 11 is 6.19. The number of benzene rings is 2. The zero-order valence-electron chi connectivity index (χ0n) is 10.2. The van der Waals surface area contributed by atoms with Gasteiger partial charge in [-0.2, -0.15) is 0 Å². The van der Waals surface area contributed by atoms with Crippen LogP contribution in [0.4, 0.5) is 5.69 Å². The molecule has 0 heterocycles. The van der Waals surface area contributed by atoms with E-state index in [0.717, 1.165) is 5.69 Å². The average molecular weight is 388 g/mol. The van der Waals surface area contributed by atoms with Gasteiger partial charge in [0.05, 0.1) is 0 Å². The standard InChI is InChI=1S/C14H13Br2NO2/c15-13(16)14(18)19-8-7-17-12-6-5-10-3-1-2-4-11(10)9-12/h1-6,9,13,17H,7-8H2/p+1. The number of halogens is 2. The summed E-state index contributed by atoms with van der Waals surface area (Å²) in [6.07, 6.45) is 0. The summed E-state index contributed by atoms with van der Waals surface area (Å²) in [4.78, 5) is 11.2. The first kappa shape index (κ1) is 14.5. The lowest BCUT2D eigenvalue weighted by atomic mass is 10.1. The van der Waals surface area contributed by atoms with Gasteiger partial charge in [-0.15, -0.1) is 0 Å². The van der Waals surface area contributed by atoms with Crippen LogP contribution in [-0.2, 0) is 9.53 Å². The summed E-state index contributed by atoms with van der Waals surface area (Å²) in [5, 5.41) is 4.51. The van der Waals surface area contributed by atoms with Crippen LogP contribution in [0.5, 0.6) is 0 Å². The maximum atomic E-state index is 11.2. The van der Waals surface area contributed by atoms with E-state index in [0.29, 0.717) is 13.2 Å². The van der Waals surface area contributed by atoms with Crippen LogP contribution in [0.1, 0.15) is 0 Å². The first-order valence-electron chi connectivity index (χ1n) is 5.93. The maximum absolute atomic E-state index is 11.2. The van der Waals surface area contributed by atoms with Crippen molar-refractivity contribution >= 4 is 54.3 Å². The number of esters is 1. The number of fused-ring (bicyclic) bond motifs is 1. The Morgan fingerprint density at radius 2 is 1.89 bits per heavy atom. The van der Waals surface area contributed by atoms with Crippen LogP contribution in [0.3, 0.4) is 0 Å². The topological polar surface area (TPSA) is 42.9 Å². The Kier molecular flexibility index (Phi) is 5.36. The molecule has 0 amide bonds. The molecule has 0 aliphatic heterocycles. The molecule has 2 rings (SSSR count). The molecule has 19 heavy (non-hydrogen) atoms. The molecular formula is C14H14Br2NO2+. The van der Waals surface area contributed by atoms with Crippen molar-refractivity contribution in [1.29, 1.82) is 0 Å². The number of rotatable bonds is 5. The number of carbonyl (C=O) groups excluding carboxylic acids is 1. The fourth-order valence-electron chi connectivity index (χ4n) is 1.78. The van der Waals surface area contributed by atoms with Gasteiger partial charge in [0.2, 0.25) is 0 Å². The molecule has 0 saturated heterocycles. The largest absolute Gasteiger partial charge is 0.458 e. The number of hydrogen-bond acceptors (Lipinski definition) is 2. The molecule has 0 aliphatic rings. The van der Waals surface area contributed by atoms with E-state index in [-0.39, 0.29) is 5.97 Å². The first-order valence-corrected chi connectivity index (χ1v) is 7.77. The SMILES string of the molecule is O=C(OCC[NH2+]c1ccc2ccccc2c1)C(Br)Br. The Bertz CT molecular complexity index is 572. The molecule has 2 N–H and O–H groups in total. The Hall–Kier alpha value is -0.910. The highest BCUT2D eigenvalue weighted by molar-refractivity contribution is 9.25. The highest BCUT2D eigenvalue weighted by Gasteiger charge is 2.11. The highest BCUT2D eigenvalue weighted by Crippen LogP contribution is 2.15. The molecule has 0 aliphatic carbocycles. The summed E-state index contributed by atoms with van der Waals surface area (Å²) in [6.45, 7) is 1.09. The monoisotopic (exact) mass is 386 g/mol. The summed E-state index contributed by atoms with van der Waals surface area (Å²) in [5.41, 5.74) is 1.14. The number of ether oxygens (including phenoxy) is 1. The van der Waals surface area contributed by atoms with E-state index in [1.54, 1.807) is 0 Å². The molecule has 2 aromatic carbocycles. The molecule has 0 unspecified atom stereocenters. The van der Waals surface area contributed by atoms with E-state index in [1.165, 1.54) is 10.8 Å². The van der Waals surface area contributed by atoms with Crippen molar-refractivity contribution in [1.82, 2.24) is 0 Å². The number of nitrogens with two attached hydrogens (primary N) is 1. The predicted molar refractivity (Wildman–Crippen MR) is 83.0 cm³/mol.